The molecule has 0 spiro atoms. The van der Waals surface area contributed by atoms with Gasteiger partial charge in [0.2, 0.25) is 0 Å². The molecule has 0 fully saturated rings. The lowest BCUT2D eigenvalue weighted by Gasteiger charge is -2.09. The molecule has 3 heteroatoms. The number of ether oxygens (including phenoxy) is 1. The van der Waals surface area contributed by atoms with Gasteiger partial charge in [0.25, 0.3) is 0 Å². The molecular weight excluding hydrogens is 234 g/mol. The molecule has 1 atom stereocenters. The molecule has 2 N–H and O–H groups in total. The average Bonchev–Trinajstić information content (AvgIpc) is 2.87. The van der Waals surface area contributed by atoms with E-state index in [2.05, 4.69) is 6.08 Å². The number of benzene rings is 1. The van der Waals surface area contributed by atoms with E-state index in [-0.39, 0.29) is 6.04 Å². The minimum atomic E-state index is 0.234. The molecule has 1 heterocycles. The Kier molecular flexibility index (Phi) is 2.85. The summed E-state index contributed by atoms with van der Waals surface area (Å²) in [6, 6.07) is 4.27. The summed E-state index contributed by atoms with van der Waals surface area (Å²) < 4.78 is 5.70. The first-order valence-electron chi connectivity index (χ1n) is 6.11. The van der Waals surface area contributed by atoms with Gasteiger partial charge in [0.15, 0.2) is 0 Å². The average molecular weight is 250 g/mol. The van der Waals surface area contributed by atoms with Gasteiger partial charge in [-0.3, -0.25) is 0 Å². The van der Waals surface area contributed by atoms with Gasteiger partial charge in [-0.05, 0) is 42.5 Å². The molecule has 2 nitrogen and oxygen atoms in total. The lowest BCUT2D eigenvalue weighted by molar-refractivity contribution is 0.354. The van der Waals surface area contributed by atoms with Gasteiger partial charge in [0, 0.05) is 17.5 Å². The molecule has 2 aliphatic rings. The van der Waals surface area contributed by atoms with Crippen LogP contribution in [0.15, 0.2) is 23.8 Å². The Morgan fingerprint density at radius 3 is 3.00 bits per heavy atom. The van der Waals surface area contributed by atoms with Crippen molar-refractivity contribution in [3.8, 4) is 5.75 Å². The summed E-state index contributed by atoms with van der Waals surface area (Å²) >= 11 is 6.14. The number of hydrogen-bond donors (Lipinski definition) is 1. The molecule has 90 valence electrons. The van der Waals surface area contributed by atoms with E-state index in [0.29, 0.717) is 0 Å². The third-order valence-corrected chi connectivity index (χ3v) is 3.71. The molecule has 0 saturated carbocycles. The largest absolute Gasteiger partial charge is 0.493 e. The molecule has 0 saturated heterocycles. The predicted molar refractivity (Wildman–Crippen MR) is 69.6 cm³/mol. The Balaban J connectivity index is 1.90. The van der Waals surface area contributed by atoms with Crippen LogP contribution < -0.4 is 10.5 Å². The van der Waals surface area contributed by atoms with E-state index in [1.54, 1.807) is 0 Å². The molecule has 0 bridgehead atoms. The van der Waals surface area contributed by atoms with Gasteiger partial charge in [-0.25, -0.2) is 0 Å². The fraction of sp³-hybridized carbons (Fsp3) is 0.429. The Morgan fingerprint density at radius 1 is 1.35 bits per heavy atom. The molecule has 1 aliphatic heterocycles. The summed E-state index contributed by atoms with van der Waals surface area (Å²) in [4.78, 5) is 0. The second-order valence-electron chi connectivity index (χ2n) is 4.86. The minimum absolute atomic E-state index is 0.234. The summed E-state index contributed by atoms with van der Waals surface area (Å²) in [7, 11) is 0. The van der Waals surface area contributed by atoms with E-state index >= 15 is 0 Å². The predicted octanol–water partition coefficient (Wildman–Crippen LogP) is 2.86. The maximum Gasteiger partial charge on any atom is 0.126 e. The van der Waals surface area contributed by atoms with E-state index in [9.17, 15) is 0 Å². The highest BCUT2D eigenvalue weighted by Crippen LogP contribution is 2.35. The van der Waals surface area contributed by atoms with E-state index in [1.165, 1.54) is 16.7 Å². The standard InChI is InChI=1S/C14H16ClNO/c15-12-7-10-3-4-17-14(10)11(8-12)5-9-1-2-13(16)6-9/h6-8,13H,1-5,16H2. The van der Waals surface area contributed by atoms with Crippen molar-refractivity contribution in [2.75, 3.05) is 6.61 Å². The summed E-state index contributed by atoms with van der Waals surface area (Å²) in [6.45, 7) is 0.779. The molecule has 1 aliphatic carbocycles. The zero-order valence-electron chi connectivity index (χ0n) is 9.71. The van der Waals surface area contributed by atoms with E-state index in [0.717, 1.165) is 43.1 Å². The number of fused-ring (bicyclic) bond motifs is 1. The zero-order chi connectivity index (χ0) is 11.8. The SMILES string of the molecule is NC1C=C(Cc2cc(Cl)cc3c2OCC3)CC1. The number of nitrogens with two attached hydrogens (primary N) is 1. The van der Waals surface area contributed by atoms with Crippen LogP contribution in [0.3, 0.4) is 0 Å². The summed E-state index contributed by atoms with van der Waals surface area (Å²) in [5.74, 6) is 1.05. The van der Waals surface area contributed by atoms with Crippen LogP contribution in [-0.2, 0) is 12.8 Å². The lowest BCUT2D eigenvalue weighted by atomic mass is 10.0. The number of hydrogen-bond acceptors (Lipinski definition) is 2. The van der Waals surface area contributed by atoms with Crippen LogP contribution >= 0.6 is 11.6 Å². The summed E-state index contributed by atoms with van der Waals surface area (Å²) in [5, 5.41) is 0.812. The lowest BCUT2D eigenvalue weighted by Crippen LogP contribution is -2.11. The van der Waals surface area contributed by atoms with Crippen molar-refractivity contribution in [1.29, 1.82) is 0 Å². The topological polar surface area (TPSA) is 35.2 Å². The molecule has 1 aromatic rings. The Bertz CT molecular complexity index is 481. The van der Waals surface area contributed by atoms with Crippen LogP contribution in [0, 0.1) is 0 Å². The Labute approximate surface area is 106 Å². The van der Waals surface area contributed by atoms with Crippen molar-refractivity contribution in [2.24, 2.45) is 5.73 Å². The van der Waals surface area contributed by atoms with Crippen LogP contribution in [0.5, 0.6) is 5.75 Å². The van der Waals surface area contributed by atoms with Crippen LogP contribution in [0.25, 0.3) is 0 Å². The number of allylic oxidation sites excluding steroid dienone is 1. The third-order valence-electron chi connectivity index (χ3n) is 3.49. The van der Waals surface area contributed by atoms with Crippen molar-refractivity contribution < 1.29 is 4.74 Å². The van der Waals surface area contributed by atoms with E-state index in [1.807, 2.05) is 12.1 Å². The van der Waals surface area contributed by atoms with Crippen LogP contribution in [0.1, 0.15) is 24.0 Å². The maximum absolute atomic E-state index is 6.14. The second kappa shape index (κ2) is 4.35. The van der Waals surface area contributed by atoms with E-state index in [4.69, 9.17) is 22.1 Å². The zero-order valence-corrected chi connectivity index (χ0v) is 10.5. The molecule has 17 heavy (non-hydrogen) atoms. The van der Waals surface area contributed by atoms with Crippen LogP contribution in [0.2, 0.25) is 5.02 Å². The monoisotopic (exact) mass is 249 g/mol. The first-order chi connectivity index (χ1) is 8.22. The van der Waals surface area contributed by atoms with Gasteiger partial charge in [-0.1, -0.05) is 23.3 Å². The van der Waals surface area contributed by atoms with Gasteiger partial charge in [-0.15, -0.1) is 0 Å². The highest BCUT2D eigenvalue weighted by molar-refractivity contribution is 6.30. The first-order valence-corrected chi connectivity index (χ1v) is 6.49. The molecule has 3 rings (SSSR count). The smallest absolute Gasteiger partial charge is 0.126 e. The van der Waals surface area contributed by atoms with Gasteiger partial charge in [-0.2, -0.15) is 0 Å². The summed E-state index contributed by atoms with van der Waals surface area (Å²) in [6.07, 6.45) is 6.25. The highest BCUT2D eigenvalue weighted by atomic mass is 35.5. The maximum atomic E-state index is 6.14. The molecule has 1 unspecified atom stereocenters. The molecule has 0 amide bonds. The number of halogens is 1. The van der Waals surface area contributed by atoms with Gasteiger partial charge < -0.3 is 10.5 Å². The molecule has 0 radical (unpaired) electrons. The van der Waals surface area contributed by atoms with Crippen molar-refractivity contribution in [3.63, 3.8) is 0 Å². The minimum Gasteiger partial charge on any atom is -0.493 e. The van der Waals surface area contributed by atoms with Crippen molar-refractivity contribution in [3.05, 3.63) is 39.9 Å². The first kappa shape index (κ1) is 11.1. The van der Waals surface area contributed by atoms with Crippen molar-refractivity contribution >= 4 is 11.6 Å². The Morgan fingerprint density at radius 2 is 2.24 bits per heavy atom. The van der Waals surface area contributed by atoms with Gasteiger partial charge >= 0.3 is 0 Å². The van der Waals surface area contributed by atoms with Gasteiger partial charge in [0.05, 0.1) is 6.61 Å². The normalized spacial score (nSPS) is 22.2. The number of rotatable bonds is 2. The van der Waals surface area contributed by atoms with Gasteiger partial charge in [0.1, 0.15) is 5.75 Å². The quantitative estimate of drug-likeness (QED) is 0.818. The molecule has 0 aromatic heterocycles. The second-order valence-corrected chi connectivity index (χ2v) is 5.29. The van der Waals surface area contributed by atoms with E-state index < -0.39 is 0 Å². The van der Waals surface area contributed by atoms with Crippen molar-refractivity contribution in [1.82, 2.24) is 0 Å². The fourth-order valence-electron chi connectivity index (χ4n) is 2.69. The summed E-state index contributed by atoms with van der Waals surface area (Å²) in [5.41, 5.74) is 9.76. The Hall–Kier alpha value is -0.990. The highest BCUT2D eigenvalue weighted by Gasteiger charge is 2.20. The third kappa shape index (κ3) is 2.20. The van der Waals surface area contributed by atoms with Crippen LogP contribution in [-0.4, -0.2) is 12.6 Å². The van der Waals surface area contributed by atoms with Crippen molar-refractivity contribution in [2.45, 2.75) is 31.7 Å². The molecular formula is C14H16ClNO. The molecule has 1 aromatic carbocycles. The fourth-order valence-corrected chi connectivity index (χ4v) is 2.95. The van der Waals surface area contributed by atoms with Crippen LogP contribution in [0.4, 0.5) is 0 Å².